The second-order valence-corrected chi connectivity index (χ2v) is 20.5. The highest BCUT2D eigenvalue weighted by Crippen LogP contribution is 2.51. The molecule has 262 valence electrons. The van der Waals surface area contributed by atoms with Gasteiger partial charge in [0.15, 0.2) is 0 Å². The maximum atomic E-state index is 15.4. The quantitative estimate of drug-likeness (QED) is 0.137. The molecule has 8 rings (SSSR count). The van der Waals surface area contributed by atoms with Gasteiger partial charge in [-0.3, -0.25) is 14.5 Å². The van der Waals surface area contributed by atoms with Crippen molar-refractivity contribution in [2.24, 2.45) is 0 Å². The summed E-state index contributed by atoms with van der Waals surface area (Å²) in [4.78, 5) is 22.3. The minimum atomic E-state index is -3.17. The van der Waals surface area contributed by atoms with Gasteiger partial charge in [-0.2, -0.15) is 0 Å². The lowest BCUT2D eigenvalue weighted by Gasteiger charge is -2.24. The second kappa shape index (κ2) is 13.8. The van der Waals surface area contributed by atoms with Gasteiger partial charge in [-0.05, 0) is 48.5 Å². The van der Waals surface area contributed by atoms with Crippen LogP contribution in [0.3, 0.4) is 0 Å². The van der Waals surface area contributed by atoms with Gasteiger partial charge in [0.25, 0.3) is 0 Å². The fourth-order valence-electron chi connectivity index (χ4n) is 7.27. The third kappa shape index (κ3) is 5.93. The van der Waals surface area contributed by atoms with Crippen molar-refractivity contribution in [3.8, 4) is 28.5 Å². The Hall–Kier alpha value is -5.55. The molecule has 0 fully saturated rings. The van der Waals surface area contributed by atoms with E-state index in [4.69, 9.17) is 0 Å². The van der Waals surface area contributed by atoms with E-state index in [1.807, 2.05) is 154 Å². The topological polar surface area (TPSA) is 104 Å². The fraction of sp³-hybridized carbons (Fsp3) is 0.140. The van der Waals surface area contributed by atoms with Crippen LogP contribution in [0.25, 0.3) is 50.3 Å². The highest BCUT2D eigenvalue weighted by molar-refractivity contribution is 7.79. The SMILES string of the molecule is CC(C)P(=O)(c1cccc(-c2ccccn2)c1)c1ccc2c3ccc(P(=O)(c4cccc(-c5ccccn5)c4)C(C)C)cc3n(-c3ncncn3)c2c1. The highest BCUT2D eigenvalue weighted by atomic mass is 31.2. The maximum absolute atomic E-state index is 15.4. The molecule has 0 aliphatic heterocycles. The number of nitrogens with zero attached hydrogens (tertiary/aromatic N) is 6. The van der Waals surface area contributed by atoms with E-state index in [9.17, 15) is 0 Å². The Morgan fingerprint density at radius 2 is 0.943 bits per heavy atom. The van der Waals surface area contributed by atoms with Crippen molar-refractivity contribution in [1.82, 2.24) is 29.5 Å². The van der Waals surface area contributed by atoms with Crippen LogP contribution in [0.5, 0.6) is 0 Å². The Kier molecular flexibility index (Phi) is 8.98. The average molecular weight is 733 g/mol. The van der Waals surface area contributed by atoms with Crippen molar-refractivity contribution in [2.45, 2.75) is 39.0 Å². The fourth-order valence-corrected chi connectivity index (χ4v) is 12.8. The van der Waals surface area contributed by atoms with Gasteiger partial charge < -0.3 is 9.13 Å². The Morgan fingerprint density at radius 3 is 1.36 bits per heavy atom. The maximum Gasteiger partial charge on any atom is 0.237 e. The van der Waals surface area contributed by atoms with Gasteiger partial charge in [-0.1, -0.05) is 100 Å². The van der Waals surface area contributed by atoms with Crippen molar-refractivity contribution in [3.63, 3.8) is 0 Å². The smallest absolute Gasteiger partial charge is 0.237 e. The third-order valence-electron chi connectivity index (χ3n) is 10.0. The van der Waals surface area contributed by atoms with E-state index in [0.717, 1.165) is 65.5 Å². The highest BCUT2D eigenvalue weighted by Gasteiger charge is 2.34. The van der Waals surface area contributed by atoms with Crippen LogP contribution in [-0.2, 0) is 9.13 Å². The first-order valence-corrected chi connectivity index (χ1v) is 21.2. The summed E-state index contributed by atoms with van der Waals surface area (Å²) in [6.45, 7) is 8.05. The Bertz CT molecular complexity index is 2530. The molecular formula is C43H38N6O2P2. The van der Waals surface area contributed by atoms with Crippen molar-refractivity contribution >= 4 is 57.3 Å². The van der Waals surface area contributed by atoms with E-state index in [1.165, 1.54) is 12.7 Å². The Morgan fingerprint density at radius 1 is 0.491 bits per heavy atom. The zero-order valence-corrected chi connectivity index (χ0v) is 31.7. The number of benzene rings is 4. The molecule has 4 heterocycles. The molecule has 10 heteroatoms. The van der Waals surface area contributed by atoms with Gasteiger partial charge in [-0.15, -0.1) is 0 Å². The summed E-state index contributed by atoms with van der Waals surface area (Å²) >= 11 is 0. The molecule has 0 aliphatic rings. The predicted molar refractivity (Wildman–Crippen MR) is 218 cm³/mol. The minimum absolute atomic E-state index is 0.181. The largest absolute Gasteiger partial charge is 0.313 e. The van der Waals surface area contributed by atoms with Crippen LogP contribution in [0, 0.1) is 0 Å². The molecule has 8 aromatic rings. The molecule has 8 nitrogen and oxygen atoms in total. The van der Waals surface area contributed by atoms with Gasteiger partial charge >= 0.3 is 0 Å². The lowest BCUT2D eigenvalue weighted by Crippen LogP contribution is -2.23. The van der Waals surface area contributed by atoms with Crippen LogP contribution < -0.4 is 21.2 Å². The molecule has 0 aliphatic carbocycles. The lowest BCUT2D eigenvalue weighted by molar-refractivity contribution is 0.581. The molecule has 0 amide bonds. The van der Waals surface area contributed by atoms with Crippen molar-refractivity contribution in [1.29, 1.82) is 0 Å². The monoisotopic (exact) mass is 732 g/mol. The summed E-state index contributed by atoms with van der Waals surface area (Å²) < 4.78 is 32.9. The van der Waals surface area contributed by atoms with E-state index < -0.39 is 14.3 Å². The molecule has 0 saturated heterocycles. The van der Waals surface area contributed by atoms with Crippen molar-refractivity contribution < 1.29 is 9.13 Å². The molecule has 0 N–H and O–H groups in total. The molecule has 0 radical (unpaired) electrons. The molecule has 53 heavy (non-hydrogen) atoms. The molecule has 0 saturated carbocycles. The normalized spacial score (nSPS) is 14.1. The zero-order valence-electron chi connectivity index (χ0n) is 29.9. The molecular weight excluding hydrogens is 694 g/mol. The van der Waals surface area contributed by atoms with Crippen LogP contribution in [0.2, 0.25) is 0 Å². The summed E-state index contributed by atoms with van der Waals surface area (Å²) in [5.74, 6) is 0.419. The van der Waals surface area contributed by atoms with Crippen molar-refractivity contribution in [2.75, 3.05) is 0 Å². The van der Waals surface area contributed by atoms with E-state index >= 15 is 9.13 Å². The first-order valence-electron chi connectivity index (χ1n) is 17.6. The third-order valence-corrected chi connectivity index (χ3v) is 17.1. The molecule has 2 atom stereocenters. The Balaban J connectivity index is 1.33. The molecule has 0 spiro atoms. The van der Waals surface area contributed by atoms with Gasteiger partial charge in [0.2, 0.25) is 5.95 Å². The molecule has 4 aromatic carbocycles. The first-order chi connectivity index (χ1) is 25.7. The Labute approximate surface area is 308 Å². The number of hydrogen-bond donors (Lipinski definition) is 0. The summed E-state index contributed by atoms with van der Waals surface area (Å²) in [5, 5.41) is 4.90. The second-order valence-electron chi connectivity index (χ2n) is 13.7. The van der Waals surface area contributed by atoms with Gasteiger partial charge in [-0.25, -0.2) is 15.0 Å². The van der Waals surface area contributed by atoms with E-state index in [1.54, 1.807) is 12.4 Å². The first kappa shape index (κ1) is 34.5. The number of hydrogen-bond acceptors (Lipinski definition) is 7. The van der Waals surface area contributed by atoms with E-state index in [-0.39, 0.29) is 11.3 Å². The van der Waals surface area contributed by atoms with Gasteiger partial charge in [0.05, 0.1) is 22.4 Å². The number of fused-ring (bicyclic) bond motifs is 3. The molecule has 4 aromatic heterocycles. The summed E-state index contributed by atoms with van der Waals surface area (Å²) in [6.07, 6.45) is 6.47. The average Bonchev–Trinajstić information content (AvgIpc) is 3.54. The minimum Gasteiger partial charge on any atom is -0.313 e. The van der Waals surface area contributed by atoms with E-state index in [0.29, 0.717) is 5.95 Å². The summed E-state index contributed by atoms with van der Waals surface area (Å²) in [7, 11) is -6.33. The predicted octanol–water partition coefficient (Wildman–Crippen LogP) is 8.54. The van der Waals surface area contributed by atoms with Crippen LogP contribution in [0.15, 0.2) is 146 Å². The zero-order chi connectivity index (χ0) is 36.7. The number of aromatic nitrogens is 6. The van der Waals surface area contributed by atoms with Crippen LogP contribution in [0.4, 0.5) is 0 Å². The summed E-state index contributed by atoms with van der Waals surface area (Å²) in [5.41, 5.74) is 4.73. The number of pyridine rings is 2. The lowest BCUT2D eigenvalue weighted by atomic mass is 10.1. The molecule has 2 unspecified atom stereocenters. The standard InChI is InChI=1S/C43H38N6O2P2/c1-29(2)52(50,33-13-9-11-31(23-33)39-15-5-7-21-45-39)35-17-19-37-38-20-18-36(26-42(38)49(41(37)25-35)43-47-27-44-28-48-43)53(51,30(3)4)34-14-10-12-32(24-34)40-16-6-8-22-46-40/h5-30H,1-4H3. The number of rotatable bonds is 9. The summed E-state index contributed by atoms with van der Waals surface area (Å²) in [6, 6.07) is 39.5. The van der Waals surface area contributed by atoms with Crippen LogP contribution in [-0.4, -0.2) is 40.8 Å². The van der Waals surface area contributed by atoms with Crippen LogP contribution in [0.1, 0.15) is 27.7 Å². The van der Waals surface area contributed by atoms with Gasteiger partial charge in [0, 0.05) is 66.8 Å². The van der Waals surface area contributed by atoms with Gasteiger partial charge in [0.1, 0.15) is 26.9 Å². The van der Waals surface area contributed by atoms with E-state index in [2.05, 4.69) is 24.9 Å². The van der Waals surface area contributed by atoms with Crippen LogP contribution >= 0.6 is 14.3 Å². The van der Waals surface area contributed by atoms with Crippen molar-refractivity contribution in [3.05, 3.63) is 146 Å². The molecule has 0 bridgehead atoms.